The summed E-state index contributed by atoms with van der Waals surface area (Å²) in [6, 6.07) is 7.01. The molecular formula is C20H19N3O3S. The molecule has 0 bridgehead atoms. The molecule has 7 heteroatoms. The first-order chi connectivity index (χ1) is 13.2. The highest BCUT2D eigenvalue weighted by molar-refractivity contribution is 7.17. The van der Waals surface area contributed by atoms with E-state index in [0.29, 0.717) is 17.1 Å². The molecule has 138 valence electrons. The Morgan fingerprint density at radius 1 is 1.15 bits per heavy atom. The van der Waals surface area contributed by atoms with Crippen LogP contribution < -0.4 is 10.6 Å². The first-order valence-corrected chi connectivity index (χ1v) is 9.70. The summed E-state index contributed by atoms with van der Waals surface area (Å²) in [4.78, 5) is 30.6. The number of nitrogens with zero attached hydrogens (tertiary/aromatic N) is 1. The first kappa shape index (κ1) is 17.5. The molecule has 0 saturated carbocycles. The first-order valence-electron chi connectivity index (χ1n) is 8.89. The lowest BCUT2D eigenvalue weighted by Crippen LogP contribution is -2.25. The second-order valence-corrected chi connectivity index (χ2v) is 7.50. The van der Waals surface area contributed by atoms with Gasteiger partial charge in [-0.05, 0) is 55.0 Å². The molecule has 6 nitrogen and oxygen atoms in total. The van der Waals surface area contributed by atoms with Crippen LogP contribution in [0.25, 0.3) is 0 Å². The van der Waals surface area contributed by atoms with Crippen LogP contribution in [0.2, 0.25) is 0 Å². The highest BCUT2D eigenvalue weighted by atomic mass is 32.1. The third kappa shape index (κ3) is 3.78. The van der Waals surface area contributed by atoms with E-state index >= 15 is 0 Å². The maximum Gasteiger partial charge on any atom is 0.291 e. The summed E-state index contributed by atoms with van der Waals surface area (Å²) in [5.74, 6) is -0.295. The van der Waals surface area contributed by atoms with E-state index in [4.69, 9.17) is 4.42 Å². The van der Waals surface area contributed by atoms with Crippen molar-refractivity contribution in [2.45, 2.75) is 32.2 Å². The predicted octanol–water partition coefficient (Wildman–Crippen LogP) is 3.80. The molecule has 2 N–H and O–H groups in total. The van der Waals surface area contributed by atoms with Gasteiger partial charge in [0.2, 0.25) is 0 Å². The zero-order valence-electron chi connectivity index (χ0n) is 14.7. The summed E-state index contributed by atoms with van der Waals surface area (Å²) in [5, 5.41) is 6.40. The number of hydrogen-bond acceptors (Lipinski definition) is 5. The molecule has 2 amide bonds. The average molecular weight is 381 g/mol. The van der Waals surface area contributed by atoms with Crippen molar-refractivity contribution >= 4 is 28.2 Å². The van der Waals surface area contributed by atoms with Crippen molar-refractivity contribution < 1.29 is 14.0 Å². The van der Waals surface area contributed by atoms with E-state index in [9.17, 15) is 9.59 Å². The smallest absolute Gasteiger partial charge is 0.291 e. The third-order valence-corrected chi connectivity index (χ3v) is 5.75. The fourth-order valence-corrected chi connectivity index (χ4v) is 4.52. The van der Waals surface area contributed by atoms with Gasteiger partial charge >= 0.3 is 0 Å². The average Bonchev–Trinajstić information content (AvgIpc) is 3.34. The van der Waals surface area contributed by atoms with E-state index in [1.807, 2.05) is 12.1 Å². The molecule has 3 aromatic rings. The van der Waals surface area contributed by atoms with Gasteiger partial charge in [0.25, 0.3) is 11.8 Å². The molecule has 1 aliphatic carbocycles. The van der Waals surface area contributed by atoms with Gasteiger partial charge in [-0.1, -0.05) is 6.07 Å². The molecule has 0 atom stereocenters. The lowest BCUT2D eigenvalue weighted by Gasteiger charge is -2.13. The summed E-state index contributed by atoms with van der Waals surface area (Å²) < 4.78 is 5.16. The molecular weight excluding hydrogens is 362 g/mol. The van der Waals surface area contributed by atoms with Crippen LogP contribution in [0.1, 0.15) is 49.8 Å². The number of pyridine rings is 1. The zero-order valence-corrected chi connectivity index (χ0v) is 15.5. The van der Waals surface area contributed by atoms with Gasteiger partial charge in [-0.2, -0.15) is 0 Å². The number of amides is 2. The number of nitrogens with one attached hydrogen (secondary N) is 2. The van der Waals surface area contributed by atoms with Crippen LogP contribution in [-0.4, -0.2) is 16.8 Å². The molecule has 0 aromatic carbocycles. The number of furan rings is 1. The van der Waals surface area contributed by atoms with Crippen molar-refractivity contribution in [2.75, 3.05) is 5.32 Å². The molecule has 3 aromatic heterocycles. The van der Waals surface area contributed by atoms with Crippen LogP contribution in [-0.2, 0) is 19.4 Å². The molecule has 1 aliphatic rings. The van der Waals surface area contributed by atoms with E-state index in [0.717, 1.165) is 36.8 Å². The van der Waals surface area contributed by atoms with Crippen LogP contribution in [0.3, 0.4) is 0 Å². The van der Waals surface area contributed by atoms with Crippen molar-refractivity contribution in [1.82, 2.24) is 10.3 Å². The van der Waals surface area contributed by atoms with Gasteiger partial charge in [0.05, 0.1) is 11.8 Å². The second kappa shape index (κ2) is 7.75. The predicted molar refractivity (Wildman–Crippen MR) is 103 cm³/mol. The highest BCUT2D eigenvalue weighted by Gasteiger charge is 2.26. The van der Waals surface area contributed by atoms with Gasteiger partial charge < -0.3 is 15.1 Å². The van der Waals surface area contributed by atoms with Crippen LogP contribution in [0.15, 0.2) is 47.3 Å². The minimum Gasteiger partial charge on any atom is -0.459 e. The number of thiophene rings is 1. The molecule has 0 unspecified atom stereocenters. The second-order valence-electron chi connectivity index (χ2n) is 6.39. The van der Waals surface area contributed by atoms with E-state index in [2.05, 4.69) is 15.6 Å². The minimum atomic E-state index is -0.347. The van der Waals surface area contributed by atoms with E-state index in [1.54, 1.807) is 24.5 Å². The Morgan fingerprint density at radius 3 is 2.81 bits per heavy atom. The SMILES string of the molecule is O=C(Nc1sc2c(c1C(=O)NCc1cccnc1)CCCC2)c1ccco1. The normalized spacial score (nSPS) is 13.0. The number of anilines is 1. The number of aryl methyl sites for hydroxylation is 1. The summed E-state index contributed by atoms with van der Waals surface area (Å²) in [6.07, 6.45) is 8.84. The monoisotopic (exact) mass is 381 g/mol. The van der Waals surface area contributed by atoms with Gasteiger partial charge in [0.15, 0.2) is 5.76 Å². The molecule has 0 fully saturated rings. The van der Waals surface area contributed by atoms with Crippen molar-refractivity contribution in [3.05, 3.63) is 70.3 Å². The number of fused-ring (bicyclic) bond motifs is 1. The summed E-state index contributed by atoms with van der Waals surface area (Å²) in [6.45, 7) is 0.392. The number of carbonyl (C=O) groups is 2. The standard InChI is InChI=1S/C20H19N3O3S/c24-18(15-7-4-10-26-15)23-20-17(14-6-1-2-8-16(14)27-20)19(25)22-12-13-5-3-9-21-11-13/h3-5,7,9-11H,1-2,6,8,12H2,(H,22,25)(H,23,24). The number of carbonyl (C=O) groups excluding carboxylic acids is 2. The molecule has 0 aliphatic heterocycles. The van der Waals surface area contributed by atoms with Crippen molar-refractivity contribution in [1.29, 1.82) is 0 Å². The Morgan fingerprint density at radius 2 is 2.04 bits per heavy atom. The quantitative estimate of drug-likeness (QED) is 0.704. The molecule has 3 heterocycles. The van der Waals surface area contributed by atoms with Crippen molar-refractivity contribution in [3.63, 3.8) is 0 Å². The highest BCUT2D eigenvalue weighted by Crippen LogP contribution is 2.38. The van der Waals surface area contributed by atoms with Gasteiger partial charge in [0.1, 0.15) is 5.00 Å². The Labute approximate surface area is 160 Å². The van der Waals surface area contributed by atoms with E-state index in [1.165, 1.54) is 22.5 Å². The van der Waals surface area contributed by atoms with Crippen molar-refractivity contribution in [3.8, 4) is 0 Å². The minimum absolute atomic E-state index is 0.173. The lowest BCUT2D eigenvalue weighted by molar-refractivity contribution is 0.0951. The largest absolute Gasteiger partial charge is 0.459 e. The Kier molecular flexibility index (Phi) is 5.02. The molecule has 0 saturated heterocycles. The van der Waals surface area contributed by atoms with Gasteiger partial charge in [0, 0.05) is 23.8 Å². The molecule has 0 spiro atoms. The Hall–Kier alpha value is -2.93. The van der Waals surface area contributed by atoms with Crippen LogP contribution in [0, 0.1) is 0 Å². The fraction of sp³-hybridized carbons (Fsp3) is 0.250. The number of aromatic nitrogens is 1. The fourth-order valence-electron chi connectivity index (χ4n) is 3.24. The maximum atomic E-state index is 12.9. The van der Waals surface area contributed by atoms with E-state index in [-0.39, 0.29) is 17.6 Å². The van der Waals surface area contributed by atoms with Gasteiger partial charge in [-0.3, -0.25) is 14.6 Å². The number of rotatable bonds is 5. The van der Waals surface area contributed by atoms with Crippen LogP contribution in [0.5, 0.6) is 0 Å². The van der Waals surface area contributed by atoms with Gasteiger partial charge in [-0.15, -0.1) is 11.3 Å². The van der Waals surface area contributed by atoms with E-state index < -0.39 is 0 Å². The summed E-state index contributed by atoms with van der Waals surface area (Å²) in [5.41, 5.74) is 2.57. The third-order valence-electron chi connectivity index (χ3n) is 4.55. The summed E-state index contributed by atoms with van der Waals surface area (Å²) in [7, 11) is 0. The summed E-state index contributed by atoms with van der Waals surface area (Å²) >= 11 is 1.49. The number of hydrogen-bond donors (Lipinski definition) is 2. The lowest BCUT2D eigenvalue weighted by atomic mass is 9.95. The zero-order chi connectivity index (χ0) is 18.6. The molecule has 4 rings (SSSR count). The topological polar surface area (TPSA) is 84.2 Å². The Bertz CT molecular complexity index is 949. The Balaban J connectivity index is 1.58. The molecule has 0 radical (unpaired) electrons. The van der Waals surface area contributed by atoms with Crippen LogP contribution in [0.4, 0.5) is 5.00 Å². The van der Waals surface area contributed by atoms with Gasteiger partial charge in [-0.25, -0.2) is 0 Å². The van der Waals surface area contributed by atoms with Crippen molar-refractivity contribution in [2.24, 2.45) is 0 Å². The maximum absolute atomic E-state index is 12.9. The van der Waals surface area contributed by atoms with Crippen LogP contribution >= 0.6 is 11.3 Å². The molecule has 27 heavy (non-hydrogen) atoms.